The minimum atomic E-state index is -4.19. The number of rotatable bonds is 5. The van der Waals surface area contributed by atoms with E-state index in [9.17, 15) is 23.3 Å². The quantitative estimate of drug-likeness (QED) is 0.502. The predicted molar refractivity (Wildman–Crippen MR) is 71.6 cm³/mol. The van der Waals surface area contributed by atoms with Crippen molar-refractivity contribution in [3.8, 4) is 5.75 Å². The van der Waals surface area contributed by atoms with Gasteiger partial charge in [0, 0.05) is 23.7 Å². The molecule has 110 valence electrons. The topological polar surface area (TPSA) is 116 Å². The van der Waals surface area contributed by atoms with E-state index < -0.39 is 30.5 Å². The van der Waals surface area contributed by atoms with Gasteiger partial charge in [-0.15, -0.1) is 0 Å². The Hall–Kier alpha value is -1.87. The number of anilines is 1. The number of halogens is 1. The largest absolute Gasteiger partial charge is 0.486 e. The predicted octanol–water partition coefficient (Wildman–Crippen LogP) is 1.88. The molecule has 0 aliphatic rings. The second-order valence-corrected chi connectivity index (χ2v) is 6.19. The van der Waals surface area contributed by atoms with Gasteiger partial charge in [0.25, 0.3) is 9.05 Å². The van der Waals surface area contributed by atoms with E-state index >= 15 is 0 Å². The second kappa shape index (κ2) is 6.06. The molecule has 0 aliphatic heterocycles. The zero-order chi connectivity index (χ0) is 15.5. The van der Waals surface area contributed by atoms with Gasteiger partial charge < -0.3 is 10.1 Å². The molecule has 1 N–H and O–H groups in total. The zero-order valence-corrected chi connectivity index (χ0v) is 12.1. The molecule has 20 heavy (non-hydrogen) atoms. The average Bonchev–Trinajstić information content (AvgIpc) is 2.28. The van der Waals surface area contributed by atoms with Gasteiger partial charge in [0.15, 0.2) is 0 Å². The monoisotopic (exact) mass is 322 g/mol. The van der Waals surface area contributed by atoms with E-state index in [-0.39, 0.29) is 18.0 Å². The van der Waals surface area contributed by atoms with Gasteiger partial charge in [0.1, 0.15) is 0 Å². The Morgan fingerprint density at radius 1 is 1.50 bits per heavy atom. The molecule has 0 radical (unpaired) electrons. The summed E-state index contributed by atoms with van der Waals surface area (Å²) >= 11 is 0. The van der Waals surface area contributed by atoms with Crippen LogP contribution in [0, 0.1) is 10.1 Å². The summed E-state index contributed by atoms with van der Waals surface area (Å²) in [5.74, 6) is -0.763. The molecule has 0 fully saturated rings. The minimum absolute atomic E-state index is 0.0976. The van der Waals surface area contributed by atoms with E-state index in [1.807, 2.05) is 0 Å². The summed E-state index contributed by atoms with van der Waals surface area (Å²) in [7, 11) is 0.981. The lowest BCUT2D eigenvalue weighted by Gasteiger charge is -2.12. The molecule has 0 spiro atoms. The Kier molecular flexibility index (Phi) is 4.90. The lowest BCUT2D eigenvalue weighted by atomic mass is 10.2. The van der Waals surface area contributed by atoms with E-state index in [2.05, 4.69) is 5.32 Å². The van der Waals surface area contributed by atoms with Crippen molar-refractivity contribution in [1.82, 2.24) is 0 Å². The number of hydrogen-bond donors (Lipinski definition) is 1. The van der Waals surface area contributed by atoms with E-state index in [4.69, 9.17) is 15.4 Å². The summed E-state index contributed by atoms with van der Waals surface area (Å²) in [5.41, 5.74) is -0.731. The van der Waals surface area contributed by atoms with Crippen molar-refractivity contribution >= 4 is 37.0 Å². The molecular formula is C10H11ClN2O6S. The third kappa shape index (κ3) is 3.81. The number of hydrogen-bond acceptors (Lipinski definition) is 6. The summed E-state index contributed by atoms with van der Waals surface area (Å²) in [6.45, 7) is 2.86. The first kappa shape index (κ1) is 16.2. The fourth-order valence-corrected chi connectivity index (χ4v) is 2.22. The van der Waals surface area contributed by atoms with E-state index in [0.717, 1.165) is 12.1 Å². The molecule has 1 aromatic rings. The molecule has 0 aromatic heterocycles. The first-order chi connectivity index (χ1) is 9.16. The average molecular weight is 323 g/mol. The number of carbonyl (C=O) groups is 1. The van der Waals surface area contributed by atoms with Crippen molar-refractivity contribution in [2.45, 2.75) is 18.7 Å². The molecule has 10 heteroatoms. The molecule has 0 bridgehead atoms. The Morgan fingerprint density at radius 3 is 2.50 bits per heavy atom. The van der Waals surface area contributed by atoms with Crippen molar-refractivity contribution in [3.63, 3.8) is 0 Å². The van der Waals surface area contributed by atoms with Gasteiger partial charge in [-0.05, 0) is 13.0 Å². The number of amides is 1. The van der Waals surface area contributed by atoms with Crippen molar-refractivity contribution in [3.05, 3.63) is 22.2 Å². The van der Waals surface area contributed by atoms with Crippen molar-refractivity contribution in [2.24, 2.45) is 0 Å². The number of carbonyl (C=O) groups excluding carboxylic acids is 1. The third-order valence-electron chi connectivity index (χ3n) is 2.12. The van der Waals surface area contributed by atoms with Crippen molar-refractivity contribution in [2.75, 3.05) is 11.9 Å². The van der Waals surface area contributed by atoms with Crippen LogP contribution in [0.5, 0.6) is 5.75 Å². The van der Waals surface area contributed by atoms with Gasteiger partial charge in [0.2, 0.25) is 11.7 Å². The SMILES string of the molecule is CCOc1c(NC(C)=O)cc(S(=O)(=O)Cl)cc1[N+](=O)[O-]. The highest BCUT2D eigenvalue weighted by atomic mass is 35.7. The first-order valence-electron chi connectivity index (χ1n) is 5.34. The highest BCUT2D eigenvalue weighted by Gasteiger charge is 2.25. The van der Waals surface area contributed by atoms with E-state index in [1.165, 1.54) is 6.92 Å². The Bertz CT molecular complexity index is 658. The standard InChI is InChI=1S/C10H11ClN2O6S/c1-3-19-10-8(12-6(2)14)4-7(20(11,17)18)5-9(10)13(15)16/h4-5H,3H2,1-2H3,(H,12,14). The highest BCUT2D eigenvalue weighted by Crippen LogP contribution is 2.38. The highest BCUT2D eigenvalue weighted by molar-refractivity contribution is 8.13. The molecular weight excluding hydrogens is 312 g/mol. The Morgan fingerprint density at radius 2 is 2.10 bits per heavy atom. The van der Waals surface area contributed by atoms with Crippen LogP contribution in [-0.4, -0.2) is 25.9 Å². The molecule has 1 rings (SSSR count). The van der Waals surface area contributed by atoms with E-state index in [0.29, 0.717) is 0 Å². The van der Waals surface area contributed by atoms with Gasteiger partial charge in [-0.2, -0.15) is 0 Å². The number of nitrogens with one attached hydrogen (secondary N) is 1. The van der Waals surface area contributed by atoms with Crippen LogP contribution in [0.25, 0.3) is 0 Å². The Balaban J connectivity index is 3.62. The zero-order valence-electron chi connectivity index (χ0n) is 10.5. The number of ether oxygens (including phenoxy) is 1. The maximum atomic E-state index is 11.3. The van der Waals surface area contributed by atoms with Gasteiger partial charge in [-0.25, -0.2) is 8.42 Å². The molecule has 0 unspecified atom stereocenters. The van der Waals surface area contributed by atoms with Crippen LogP contribution in [0.15, 0.2) is 17.0 Å². The summed E-state index contributed by atoms with van der Waals surface area (Å²) in [6, 6.07) is 1.78. The van der Waals surface area contributed by atoms with Crippen LogP contribution >= 0.6 is 10.7 Å². The number of nitrogens with zero attached hydrogens (tertiary/aromatic N) is 1. The van der Waals surface area contributed by atoms with Gasteiger partial charge in [-0.1, -0.05) is 0 Å². The van der Waals surface area contributed by atoms with Gasteiger partial charge in [0.05, 0.1) is 22.1 Å². The van der Waals surface area contributed by atoms with E-state index in [1.54, 1.807) is 6.92 Å². The van der Waals surface area contributed by atoms with Gasteiger partial charge in [-0.3, -0.25) is 14.9 Å². The molecule has 0 saturated heterocycles. The smallest absolute Gasteiger partial charge is 0.314 e. The second-order valence-electron chi connectivity index (χ2n) is 3.63. The number of benzene rings is 1. The number of nitro benzene ring substituents is 1. The van der Waals surface area contributed by atoms with Crippen molar-refractivity contribution in [1.29, 1.82) is 0 Å². The lowest BCUT2D eigenvalue weighted by molar-refractivity contribution is -0.386. The van der Waals surface area contributed by atoms with Crippen LogP contribution in [-0.2, 0) is 13.8 Å². The maximum absolute atomic E-state index is 11.3. The molecule has 0 heterocycles. The number of nitro groups is 1. The summed E-state index contributed by atoms with van der Waals surface area (Å²) in [5, 5.41) is 13.3. The maximum Gasteiger partial charge on any atom is 0.314 e. The minimum Gasteiger partial charge on any atom is -0.486 e. The van der Waals surface area contributed by atoms with Gasteiger partial charge >= 0.3 is 5.69 Å². The van der Waals surface area contributed by atoms with Crippen LogP contribution < -0.4 is 10.1 Å². The third-order valence-corrected chi connectivity index (χ3v) is 3.45. The van der Waals surface area contributed by atoms with Crippen LogP contribution in [0.4, 0.5) is 11.4 Å². The first-order valence-corrected chi connectivity index (χ1v) is 7.65. The van der Waals surface area contributed by atoms with Crippen LogP contribution in [0.2, 0.25) is 0 Å². The molecule has 0 saturated carbocycles. The van der Waals surface area contributed by atoms with Crippen molar-refractivity contribution < 1.29 is 22.9 Å². The lowest BCUT2D eigenvalue weighted by Crippen LogP contribution is -2.10. The summed E-state index contributed by atoms with van der Waals surface area (Å²) < 4.78 is 27.7. The summed E-state index contributed by atoms with van der Waals surface area (Å²) in [6.07, 6.45) is 0. The summed E-state index contributed by atoms with van der Waals surface area (Å²) in [4.78, 5) is 20.8. The molecule has 1 amide bonds. The molecule has 1 aromatic carbocycles. The molecule has 0 aliphatic carbocycles. The Labute approximate surface area is 119 Å². The molecule has 8 nitrogen and oxygen atoms in total. The fourth-order valence-electron chi connectivity index (χ4n) is 1.44. The van der Waals surface area contributed by atoms with Crippen LogP contribution in [0.1, 0.15) is 13.8 Å². The molecule has 0 atom stereocenters. The van der Waals surface area contributed by atoms with Crippen LogP contribution in [0.3, 0.4) is 0 Å². The fraction of sp³-hybridized carbons (Fsp3) is 0.300. The normalized spacial score (nSPS) is 10.9.